The summed E-state index contributed by atoms with van der Waals surface area (Å²) < 4.78 is 47.9. The number of hydrogen-bond donors (Lipinski definition) is 1. The molecule has 1 N–H and O–H groups in total. The highest BCUT2D eigenvalue weighted by Gasteiger charge is 2.28. The number of ether oxygens (including phenoxy) is 1. The molecule has 0 aliphatic carbocycles. The van der Waals surface area contributed by atoms with Crippen LogP contribution in [0.1, 0.15) is 18.1 Å². The first-order valence-electron chi connectivity index (χ1n) is 8.75. The van der Waals surface area contributed by atoms with E-state index in [0.717, 1.165) is 4.31 Å². The van der Waals surface area contributed by atoms with Gasteiger partial charge in [0.05, 0.1) is 24.9 Å². The van der Waals surface area contributed by atoms with E-state index in [4.69, 9.17) is 4.74 Å². The number of carbonyl (C=O) groups excluding carboxylic acids is 1. The van der Waals surface area contributed by atoms with Gasteiger partial charge in [-0.3, -0.25) is 9.10 Å². The van der Waals surface area contributed by atoms with Crippen molar-refractivity contribution >= 4 is 21.8 Å². The largest absolute Gasteiger partial charge is 0.496 e. The summed E-state index contributed by atoms with van der Waals surface area (Å²) in [7, 11) is -2.47. The summed E-state index contributed by atoms with van der Waals surface area (Å²) in [4.78, 5) is 12.6. The van der Waals surface area contributed by atoms with Gasteiger partial charge in [0.2, 0.25) is 0 Å². The summed E-state index contributed by atoms with van der Waals surface area (Å²) in [5, 5.41) is 2.70. The van der Waals surface area contributed by atoms with Crippen LogP contribution in [0.4, 0.5) is 4.39 Å². The average Bonchev–Trinajstić information content (AvgIpc) is 2.69. The molecule has 3 rings (SSSR count). The standard InChI is InChI=1S/C20H20FN3O4S/c1-14-18(20(25)22-11-15-7-9-17(21)10-8-15)13-24(29(26,27)23-14)12-16-5-3-4-6-19(16)28-2/h3-10,13H,11-12H2,1-2H3,(H,22,25). The van der Waals surface area contributed by atoms with Gasteiger partial charge < -0.3 is 10.1 Å². The number of nitrogens with zero attached hydrogens (tertiary/aromatic N) is 2. The van der Waals surface area contributed by atoms with Crippen LogP contribution >= 0.6 is 0 Å². The van der Waals surface area contributed by atoms with Crippen molar-refractivity contribution in [2.45, 2.75) is 20.0 Å². The lowest BCUT2D eigenvalue weighted by Gasteiger charge is -2.24. The molecule has 0 saturated carbocycles. The maximum absolute atomic E-state index is 13.0. The topological polar surface area (TPSA) is 88.1 Å². The number of amides is 1. The van der Waals surface area contributed by atoms with Crippen LogP contribution in [0.5, 0.6) is 5.75 Å². The number of benzene rings is 2. The minimum Gasteiger partial charge on any atom is -0.496 e. The Morgan fingerprint density at radius 1 is 1.17 bits per heavy atom. The number of para-hydroxylation sites is 1. The van der Waals surface area contributed by atoms with Gasteiger partial charge in [-0.05, 0) is 30.7 Å². The van der Waals surface area contributed by atoms with Gasteiger partial charge in [-0.2, -0.15) is 8.42 Å². The highest BCUT2D eigenvalue weighted by atomic mass is 32.2. The zero-order valence-corrected chi connectivity index (χ0v) is 16.7. The van der Waals surface area contributed by atoms with Crippen LogP contribution in [-0.2, 0) is 28.1 Å². The zero-order chi connectivity index (χ0) is 21.0. The molecule has 0 spiro atoms. The third-order valence-corrected chi connectivity index (χ3v) is 5.67. The molecule has 2 aromatic carbocycles. The van der Waals surface area contributed by atoms with E-state index in [9.17, 15) is 17.6 Å². The van der Waals surface area contributed by atoms with Crippen LogP contribution in [0, 0.1) is 5.82 Å². The molecule has 0 bridgehead atoms. The molecule has 0 atom stereocenters. The predicted molar refractivity (Wildman–Crippen MR) is 107 cm³/mol. The van der Waals surface area contributed by atoms with E-state index in [2.05, 4.69) is 9.71 Å². The first-order valence-corrected chi connectivity index (χ1v) is 10.1. The van der Waals surface area contributed by atoms with Gasteiger partial charge in [0, 0.05) is 18.3 Å². The Kier molecular flexibility index (Phi) is 5.97. The zero-order valence-electron chi connectivity index (χ0n) is 15.9. The monoisotopic (exact) mass is 417 g/mol. The van der Waals surface area contributed by atoms with Gasteiger partial charge in [0.1, 0.15) is 11.6 Å². The first kappa shape index (κ1) is 20.5. The Bertz CT molecular complexity index is 1080. The van der Waals surface area contributed by atoms with Crippen molar-refractivity contribution in [2.24, 2.45) is 4.40 Å². The second-order valence-electron chi connectivity index (χ2n) is 6.36. The number of methoxy groups -OCH3 is 1. The molecule has 29 heavy (non-hydrogen) atoms. The fourth-order valence-electron chi connectivity index (χ4n) is 2.81. The lowest BCUT2D eigenvalue weighted by atomic mass is 10.1. The van der Waals surface area contributed by atoms with Gasteiger partial charge in [0.15, 0.2) is 0 Å². The molecular weight excluding hydrogens is 397 g/mol. The molecule has 1 aliphatic rings. The maximum atomic E-state index is 13.0. The number of rotatable bonds is 6. The van der Waals surface area contributed by atoms with Crippen LogP contribution in [0.25, 0.3) is 0 Å². The van der Waals surface area contributed by atoms with Gasteiger partial charge in [-0.25, -0.2) is 4.39 Å². The van der Waals surface area contributed by atoms with E-state index in [1.807, 2.05) is 0 Å². The van der Waals surface area contributed by atoms with Crippen molar-refractivity contribution in [3.05, 3.63) is 77.2 Å². The Labute approximate surface area is 168 Å². The minimum atomic E-state index is -3.97. The molecule has 9 heteroatoms. The fourth-order valence-corrected chi connectivity index (χ4v) is 3.90. The molecule has 1 heterocycles. The summed E-state index contributed by atoms with van der Waals surface area (Å²) in [5.41, 5.74) is 1.58. The second kappa shape index (κ2) is 8.44. The Morgan fingerprint density at radius 3 is 2.55 bits per heavy atom. The van der Waals surface area contributed by atoms with E-state index in [1.54, 1.807) is 36.4 Å². The molecule has 0 saturated heterocycles. The van der Waals surface area contributed by atoms with Crippen molar-refractivity contribution in [3.63, 3.8) is 0 Å². The third-order valence-electron chi connectivity index (χ3n) is 4.34. The number of carbonyl (C=O) groups is 1. The van der Waals surface area contributed by atoms with Crippen molar-refractivity contribution < 1.29 is 22.3 Å². The molecule has 0 unspecified atom stereocenters. The van der Waals surface area contributed by atoms with E-state index < -0.39 is 16.1 Å². The molecule has 1 aliphatic heterocycles. The fraction of sp³-hybridized carbons (Fsp3) is 0.200. The Balaban J connectivity index is 1.80. The van der Waals surface area contributed by atoms with Crippen molar-refractivity contribution in [3.8, 4) is 5.75 Å². The molecule has 0 fully saturated rings. The summed E-state index contributed by atoms with van der Waals surface area (Å²) in [6, 6.07) is 12.7. The summed E-state index contributed by atoms with van der Waals surface area (Å²) in [6.07, 6.45) is 1.27. The molecule has 0 aromatic heterocycles. The van der Waals surface area contributed by atoms with Gasteiger partial charge >= 0.3 is 10.2 Å². The van der Waals surface area contributed by atoms with Gasteiger partial charge in [0.25, 0.3) is 5.91 Å². The molecule has 0 radical (unpaired) electrons. The number of hydrogen-bond acceptors (Lipinski definition) is 4. The van der Waals surface area contributed by atoms with Crippen LogP contribution in [0.3, 0.4) is 0 Å². The lowest BCUT2D eigenvalue weighted by molar-refractivity contribution is -0.117. The normalized spacial score (nSPS) is 15.3. The van der Waals surface area contributed by atoms with Crippen molar-refractivity contribution in [1.82, 2.24) is 9.62 Å². The average molecular weight is 417 g/mol. The van der Waals surface area contributed by atoms with Crippen LogP contribution in [0.2, 0.25) is 0 Å². The van der Waals surface area contributed by atoms with Crippen molar-refractivity contribution in [1.29, 1.82) is 0 Å². The lowest BCUT2D eigenvalue weighted by Crippen LogP contribution is -2.35. The van der Waals surface area contributed by atoms with E-state index in [1.165, 1.54) is 32.4 Å². The molecule has 2 aromatic rings. The van der Waals surface area contributed by atoms with Gasteiger partial charge in [-0.1, -0.05) is 30.3 Å². The van der Waals surface area contributed by atoms with E-state index in [-0.39, 0.29) is 30.2 Å². The van der Waals surface area contributed by atoms with E-state index >= 15 is 0 Å². The van der Waals surface area contributed by atoms with Crippen LogP contribution in [0.15, 0.2) is 64.7 Å². The van der Waals surface area contributed by atoms with Crippen molar-refractivity contribution in [2.75, 3.05) is 7.11 Å². The minimum absolute atomic E-state index is 0.0299. The van der Waals surface area contributed by atoms with Gasteiger partial charge in [-0.15, -0.1) is 4.40 Å². The molecular formula is C20H20FN3O4S. The van der Waals surface area contributed by atoms with E-state index in [0.29, 0.717) is 16.9 Å². The maximum Gasteiger partial charge on any atom is 0.344 e. The highest BCUT2D eigenvalue weighted by molar-refractivity contribution is 7.88. The molecule has 152 valence electrons. The summed E-state index contributed by atoms with van der Waals surface area (Å²) in [6.45, 7) is 1.60. The smallest absolute Gasteiger partial charge is 0.344 e. The predicted octanol–water partition coefficient (Wildman–Crippen LogP) is 2.56. The summed E-state index contributed by atoms with van der Waals surface area (Å²) in [5.74, 6) is -0.310. The first-order chi connectivity index (χ1) is 13.8. The Hall–Kier alpha value is -3.20. The molecule has 1 amide bonds. The van der Waals surface area contributed by atoms with Crippen LogP contribution < -0.4 is 10.1 Å². The SMILES string of the molecule is COc1ccccc1CN1C=C(C(=O)NCc2ccc(F)cc2)C(C)=NS1(=O)=O. The Morgan fingerprint density at radius 2 is 1.86 bits per heavy atom. The second-order valence-corrected chi connectivity index (χ2v) is 7.91. The highest BCUT2D eigenvalue weighted by Crippen LogP contribution is 2.24. The molecule has 7 nitrogen and oxygen atoms in total. The van der Waals surface area contributed by atoms with Crippen LogP contribution in [-0.4, -0.2) is 31.5 Å². The quantitative estimate of drug-likeness (QED) is 0.783. The number of nitrogens with one attached hydrogen (secondary N) is 1. The number of halogens is 1. The third kappa shape index (κ3) is 4.80. The summed E-state index contributed by atoms with van der Waals surface area (Å²) >= 11 is 0.